The number of carbonyl (C=O) groups is 1. The van der Waals surface area contributed by atoms with Crippen LogP contribution in [0.1, 0.15) is 44.4 Å². The highest BCUT2D eigenvalue weighted by Crippen LogP contribution is 2.19. The molecule has 0 aliphatic heterocycles. The van der Waals surface area contributed by atoms with Crippen LogP contribution < -0.4 is 0 Å². The molecule has 0 fully saturated rings. The monoisotopic (exact) mass is 236 g/mol. The van der Waals surface area contributed by atoms with Crippen LogP contribution >= 0.6 is 0 Å². The molecular weight excluding hydrogens is 216 g/mol. The molecule has 1 aromatic carbocycles. The van der Waals surface area contributed by atoms with Gasteiger partial charge in [-0.25, -0.2) is 0 Å². The van der Waals surface area contributed by atoms with E-state index in [-0.39, 0.29) is 12.4 Å². The van der Waals surface area contributed by atoms with E-state index in [0.29, 0.717) is 0 Å². The molecule has 3 heteroatoms. The number of benzene rings is 1. The summed E-state index contributed by atoms with van der Waals surface area (Å²) < 4.78 is 5.16. The molecule has 0 unspecified atom stereocenters. The first-order chi connectivity index (χ1) is 7.78. The molecule has 0 bridgehead atoms. The molecule has 0 aliphatic carbocycles. The lowest BCUT2D eigenvalue weighted by molar-refractivity contribution is -0.157. The first kappa shape index (κ1) is 13.7. The molecule has 0 amide bonds. The molecule has 1 rings (SSSR count). The Kier molecular flexibility index (Phi) is 4.29. The summed E-state index contributed by atoms with van der Waals surface area (Å²) in [7, 11) is 0. The van der Waals surface area contributed by atoms with Crippen LogP contribution in [0.2, 0.25) is 0 Å². The van der Waals surface area contributed by atoms with Gasteiger partial charge in [-0.2, -0.15) is 0 Å². The van der Waals surface area contributed by atoms with Gasteiger partial charge in [-0.05, 0) is 33.3 Å². The van der Waals surface area contributed by atoms with E-state index < -0.39 is 11.7 Å². The van der Waals surface area contributed by atoms with Gasteiger partial charge in [0.2, 0.25) is 0 Å². The van der Waals surface area contributed by atoms with Crippen molar-refractivity contribution in [3.63, 3.8) is 0 Å². The van der Waals surface area contributed by atoms with Gasteiger partial charge >= 0.3 is 5.97 Å². The molecule has 0 radical (unpaired) electrons. The van der Waals surface area contributed by atoms with E-state index in [1.54, 1.807) is 0 Å². The van der Waals surface area contributed by atoms with Gasteiger partial charge in [-0.1, -0.05) is 29.8 Å². The van der Waals surface area contributed by atoms with Crippen molar-refractivity contribution >= 4 is 5.97 Å². The predicted molar refractivity (Wildman–Crippen MR) is 66.6 cm³/mol. The lowest BCUT2D eigenvalue weighted by Gasteiger charge is -2.20. The second-order valence-corrected chi connectivity index (χ2v) is 5.22. The average molecular weight is 236 g/mol. The molecule has 94 valence electrons. The van der Waals surface area contributed by atoms with E-state index in [1.165, 1.54) is 0 Å². The first-order valence-electron chi connectivity index (χ1n) is 5.74. The Labute approximate surface area is 102 Å². The van der Waals surface area contributed by atoms with E-state index in [2.05, 4.69) is 0 Å². The Morgan fingerprint density at radius 2 is 2.06 bits per heavy atom. The molecule has 1 aromatic rings. The van der Waals surface area contributed by atoms with Crippen LogP contribution in [0.15, 0.2) is 24.3 Å². The summed E-state index contributed by atoms with van der Waals surface area (Å²) in [4.78, 5) is 11.5. The van der Waals surface area contributed by atoms with Gasteiger partial charge in [-0.15, -0.1) is 0 Å². The zero-order valence-corrected chi connectivity index (χ0v) is 10.9. The third kappa shape index (κ3) is 5.00. The second-order valence-electron chi connectivity index (χ2n) is 5.22. The van der Waals surface area contributed by atoms with Crippen molar-refractivity contribution in [1.82, 2.24) is 0 Å². The van der Waals surface area contributed by atoms with Crippen molar-refractivity contribution in [3.8, 4) is 0 Å². The minimum Gasteiger partial charge on any atom is -0.460 e. The SMILES string of the molecule is Cc1cccc([C@@H](O)CC(=O)OC(C)(C)C)c1. The Hall–Kier alpha value is -1.35. The van der Waals surface area contributed by atoms with E-state index in [1.807, 2.05) is 52.0 Å². The van der Waals surface area contributed by atoms with Crippen LogP contribution in [0.4, 0.5) is 0 Å². The number of aryl methyl sites for hydroxylation is 1. The molecule has 0 spiro atoms. The number of aliphatic hydroxyl groups is 1. The lowest BCUT2D eigenvalue weighted by Crippen LogP contribution is -2.24. The minimum absolute atomic E-state index is 0.0132. The summed E-state index contributed by atoms with van der Waals surface area (Å²) in [6, 6.07) is 7.49. The normalized spacial score (nSPS) is 13.2. The van der Waals surface area contributed by atoms with Crippen molar-refractivity contribution in [1.29, 1.82) is 0 Å². The van der Waals surface area contributed by atoms with Gasteiger partial charge in [0.1, 0.15) is 5.60 Å². The van der Waals surface area contributed by atoms with Gasteiger partial charge < -0.3 is 9.84 Å². The molecule has 1 N–H and O–H groups in total. The first-order valence-corrected chi connectivity index (χ1v) is 5.74. The van der Waals surface area contributed by atoms with Crippen LogP contribution in [0.25, 0.3) is 0 Å². The number of ether oxygens (including phenoxy) is 1. The molecule has 0 saturated heterocycles. The maximum atomic E-state index is 11.5. The molecule has 3 nitrogen and oxygen atoms in total. The van der Waals surface area contributed by atoms with Crippen LogP contribution in [0.5, 0.6) is 0 Å². The summed E-state index contributed by atoms with van der Waals surface area (Å²) in [5.74, 6) is -0.383. The number of esters is 1. The third-order valence-electron chi connectivity index (χ3n) is 2.21. The zero-order chi connectivity index (χ0) is 13.1. The lowest BCUT2D eigenvalue weighted by atomic mass is 10.0. The predicted octanol–water partition coefficient (Wildman–Crippen LogP) is 2.76. The molecule has 0 heterocycles. The Bertz CT molecular complexity index is 391. The van der Waals surface area contributed by atoms with Gasteiger partial charge in [0.15, 0.2) is 0 Å². The van der Waals surface area contributed by atoms with E-state index in [4.69, 9.17) is 4.74 Å². The standard InChI is InChI=1S/C14H20O3/c1-10-6-5-7-11(8-10)12(15)9-13(16)17-14(2,3)4/h5-8,12,15H,9H2,1-4H3/t12-/m0/s1. The van der Waals surface area contributed by atoms with Gasteiger partial charge in [0.25, 0.3) is 0 Å². The summed E-state index contributed by atoms with van der Waals surface area (Å²) in [5, 5.41) is 9.91. The van der Waals surface area contributed by atoms with Crippen molar-refractivity contribution in [2.45, 2.75) is 45.8 Å². The summed E-state index contributed by atoms with van der Waals surface area (Å²) in [6.45, 7) is 7.38. The zero-order valence-electron chi connectivity index (χ0n) is 10.9. The van der Waals surface area contributed by atoms with E-state index in [0.717, 1.165) is 11.1 Å². The minimum atomic E-state index is -0.801. The van der Waals surface area contributed by atoms with Crippen molar-refractivity contribution < 1.29 is 14.6 Å². The van der Waals surface area contributed by atoms with Crippen molar-refractivity contribution in [2.24, 2.45) is 0 Å². The second kappa shape index (κ2) is 5.32. The van der Waals surface area contributed by atoms with Gasteiger partial charge in [0, 0.05) is 0 Å². The summed E-state index contributed by atoms with van der Waals surface area (Å²) in [6.07, 6.45) is -0.814. The Morgan fingerprint density at radius 3 is 2.59 bits per heavy atom. The largest absolute Gasteiger partial charge is 0.460 e. The number of aliphatic hydroxyl groups excluding tert-OH is 1. The van der Waals surface area contributed by atoms with Crippen LogP contribution in [0.3, 0.4) is 0 Å². The molecule has 17 heavy (non-hydrogen) atoms. The van der Waals surface area contributed by atoms with E-state index >= 15 is 0 Å². The van der Waals surface area contributed by atoms with Crippen molar-refractivity contribution in [3.05, 3.63) is 35.4 Å². The molecule has 1 atom stereocenters. The van der Waals surface area contributed by atoms with Gasteiger partial charge in [-0.3, -0.25) is 4.79 Å². The maximum Gasteiger partial charge on any atom is 0.309 e. The quantitative estimate of drug-likeness (QED) is 0.821. The number of hydrogen-bond acceptors (Lipinski definition) is 3. The molecule has 0 aromatic heterocycles. The van der Waals surface area contributed by atoms with Crippen LogP contribution in [0, 0.1) is 6.92 Å². The van der Waals surface area contributed by atoms with Crippen LogP contribution in [-0.4, -0.2) is 16.7 Å². The fraction of sp³-hybridized carbons (Fsp3) is 0.500. The Balaban J connectivity index is 2.61. The Morgan fingerprint density at radius 1 is 1.41 bits per heavy atom. The molecule has 0 saturated carbocycles. The highest BCUT2D eigenvalue weighted by Gasteiger charge is 2.20. The van der Waals surface area contributed by atoms with Gasteiger partial charge in [0.05, 0.1) is 12.5 Å². The summed E-state index contributed by atoms with van der Waals surface area (Å²) >= 11 is 0. The number of carbonyl (C=O) groups excluding carboxylic acids is 1. The van der Waals surface area contributed by atoms with Crippen LogP contribution in [-0.2, 0) is 9.53 Å². The highest BCUT2D eigenvalue weighted by atomic mass is 16.6. The summed E-state index contributed by atoms with van der Waals surface area (Å²) in [5.41, 5.74) is 1.30. The fourth-order valence-electron chi connectivity index (χ4n) is 1.54. The van der Waals surface area contributed by atoms with E-state index in [9.17, 15) is 9.90 Å². The number of rotatable bonds is 3. The third-order valence-corrected chi connectivity index (χ3v) is 2.21. The smallest absolute Gasteiger partial charge is 0.309 e. The molecule has 0 aliphatic rings. The topological polar surface area (TPSA) is 46.5 Å². The molecular formula is C14H20O3. The number of hydrogen-bond donors (Lipinski definition) is 1. The highest BCUT2D eigenvalue weighted by molar-refractivity contribution is 5.70. The fourth-order valence-corrected chi connectivity index (χ4v) is 1.54. The maximum absolute atomic E-state index is 11.5. The average Bonchev–Trinajstić information content (AvgIpc) is 2.14. The van der Waals surface area contributed by atoms with Crippen molar-refractivity contribution in [2.75, 3.05) is 0 Å².